The summed E-state index contributed by atoms with van der Waals surface area (Å²) in [6, 6.07) is 12.5. The molecule has 4 nitrogen and oxygen atoms in total. The third-order valence-electron chi connectivity index (χ3n) is 2.77. The highest BCUT2D eigenvalue weighted by atomic mass is 35.5. The summed E-state index contributed by atoms with van der Waals surface area (Å²) in [4.78, 5) is 14.6. The molecule has 0 bridgehead atoms. The Bertz CT molecular complexity index is 678. The highest BCUT2D eigenvalue weighted by Gasteiger charge is 2.11. The van der Waals surface area contributed by atoms with Crippen molar-refractivity contribution in [1.29, 1.82) is 5.26 Å². The Kier molecular flexibility index (Phi) is 5.20. The summed E-state index contributed by atoms with van der Waals surface area (Å²) >= 11 is 7.30. The van der Waals surface area contributed by atoms with Gasteiger partial charge < -0.3 is 9.64 Å². The number of likely N-dealkylation sites (N-methyl/N-ethyl adjacent to an activating group) is 1. The van der Waals surface area contributed by atoms with Crippen molar-refractivity contribution in [3.8, 4) is 11.8 Å². The van der Waals surface area contributed by atoms with Crippen LogP contribution in [0.5, 0.6) is 5.75 Å². The summed E-state index contributed by atoms with van der Waals surface area (Å²) in [5.74, 6) is 0.372. The van der Waals surface area contributed by atoms with E-state index in [1.165, 1.54) is 11.3 Å². The number of rotatable bonds is 5. The van der Waals surface area contributed by atoms with Gasteiger partial charge >= 0.3 is 0 Å². The predicted molar refractivity (Wildman–Crippen MR) is 82.5 cm³/mol. The van der Waals surface area contributed by atoms with Crippen molar-refractivity contribution in [2.45, 2.75) is 6.54 Å². The second-order valence-electron chi connectivity index (χ2n) is 4.38. The first kappa shape index (κ1) is 15.4. The van der Waals surface area contributed by atoms with E-state index in [-0.39, 0.29) is 12.5 Å². The maximum atomic E-state index is 12.0. The van der Waals surface area contributed by atoms with E-state index in [1.54, 1.807) is 36.2 Å². The summed E-state index contributed by atoms with van der Waals surface area (Å²) in [7, 11) is 1.71. The zero-order chi connectivity index (χ0) is 15.2. The average molecular weight is 321 g/mol. The van der Waals surface area contributed by atoms with Gasteiger partial charge in [-0.2, -0.15) is 5.26 Å². The zero-order valence-electron chi connectivity index (χ0n) is 11.4. The lowest BCUT2D eigenvalue weighted by atomic mass is 10.2. The summed E-state index contributed by atoms with van der Waals surface area (Å²) in [6.07, 6.45) is 0. The Morgan fingerprint density at radius 1 is 1.43 bits per heavy atom. The first-order valence-electron chi connectivity index (χ1n) is 6.19. The molecule has 2 aromatic rings. The molecule has 6 heteroatoms. The van der Waals surface area contributed by atoms with Crippen molar-refractivity contribution in [1.82, 2.24) is 4.90 Å². The van der Waals surface area contributed by atoms with Gasteiger partial charge in [0.05, 0.1) is 22.5 Å². The molecule has 0 fully saturated rings. The normalized spacial score (nSPS) is 9.95. The molecule has 0 unspecified atom stereocenters. The van der Waals surface area contributed by atoms with Gasteiger partial charge in [-0.1, -0.05) is 17.7 Å². The minimum absolute atomic E-state index is 0.0650. The first-order valence-corrected chi connectivity index (χ1v) is 7.39. The molecular weight excluding hydrogens is 308 g/mol. The molecule has 0 radical (unpaired) electrons. The minimum Gasteiger partial charge on any atom is -0.484 e. The van der Waals surface area contributed by atoms with E-state index in [0.717, 1.165) is 4.88 Å². The van der Waals surface area contributed by atoms with Gasteiger partial charge in [0.1, 0.15) is 5.75 Å². The molecule has 0 aliphatic carbocycles. The van der Waals surface area contributed by atoms with E-state index >= 15 is 0 Å². The molecular formula is C15H13ClN2O2S. The lowest BCUT2D eigenvalue weighted by molar-refractivity contribution is -0.132. The number of nitrogens with zero attached hydrogens (tertiary/aromatic N) is 2. The van der Waals surface area contributed by atoms with Crippen molar-refractivity contribution in [3.63, 3.8) is 0 Å². The highest BCUT2D eigenvalue weighted by molar-refractivity contribution is 7.16. The molecule has 0 saturated heterocycles. The van der Waals surface area contributed by atoms with Crippen molar-refractivity contribution >= 4 is 28.8 Å². The first-order chi connectivity index (χ1) is 10.1. The van der Waals surface area contributed by atoms with E-state index in [2.05, 4.69) is 0 Å². The summed E-state index contributed by atoms with van der Waals surface area (Å²) < 4.78 is 6.11. The zero-order valence-corrected chi connectivity index (χ0v) is 12.9. The lowest BCUT2D eigenvalue weighted by Crippen LogP contribution is -2.30. The van der Waals surface area contributed by atoms with E-state index in [9.17, 15) is 4.79 Å². The Balaban J connectivity index is 1.87. The molecule has 0 aliphatic heterocycles. The highest BCUT2D eigenvalue weighted by Crippen LogP contribution is 2.22. The fourth-order valence-corrected chi connectivity index (χ4v) is 2.81. The van der Waals surface area contributed by atoms with E-state index in [4.69, 9.17) is 21.6 Å². The van der Waals surface area contributed by atoms with Gasteiger partial charge in [0.2, 0.25) is 0 Å². The number of ether oxygens (including phenoxy) is 1. The Morgan fingerprint density at radius 2 is 2.24 bits per heavy atom. The Hall–Kier alpha value is -2.03. The fourth-order valence-electron chi connectivity index (χ4n) is 1.67. The predicted octanol–water partition coefficient (Wildman–Crippen LogP) is 3.31. The van der Waals surface area contributed by atoms with Crippen LogP contribution < -0.4 is 4.74 Å². The van der Waals surface area contributed by atoms with E-state index < -0.39 is 0 Å². The largest absolute Gasteiger partial charge is 0.484 e. The third kappa shape index (κ3) is 4.48. The Labute approximate surface area is 132 Å². The average Bonchev–Trinajstić information content (AvgIpc) is 2.90. The smallest absolute Gasteiger partial charge is 0.260 e. The van der Waals surface area contributed by atoms with E-state index in [1.807, 2.05) is 18.2 Å². The van der Waals surface area contributed by atoms with Crippen molar-refractivity contribution < 1.29 is 9.53 Å². The second kappa shape index (κ2) is 7.11. The Morgan fingerprint density at radius 3 is 2.90 bits per heavy atom. The van der Waals surface area contributed by atoms with Gasteiger partial charge in [-0.3, -0.25) is 4.79 Å². The van der Waals surface area contributed by atoms with Crippen LogP contribution in [0.25, 0.3) is 0 Å². The van der Waals surface area contributed by atoms with Crippen LogP contribution in [0.2, 0.25) is 4.34 Å². The van der Waals surface area contributed by atoms with Crippen LogP contribution in [0.4, 0.5) is 0 Å². The van der Waals surface area contributed by atoms with Gasteiger partial charge in [-0.05, 0) is 30.3 Å². The number of benzene rings is 1. The quantitative estimate of drug-likeness (QED) is 0.849. The summed E-state index contributed by atoms with van der Waals surface area (Å²) in [6.45, 7) is 0.433. The van der Waals surface area contributed by atoms with Gasteiger partial charge in [0, 0.05) is 11.9 Å². The SMILES string of the molecule is CN(Cc1ccc(Cl)s1)C(=O)COc1cccc(C#N)c1. The summed E-state index contributed by atoms with van der Waals surface area (Å²) in [5.41, 5.74) is 0.501. The molecule has 108 valence electrons. The lowest BCUT2D eigenvalue weighted by Gasteiger charge is -2.16. The molecule has 1 aromatic carbocycles. The number of nitriles is 1. The molecule has 1 heterocycles. The van der Waals surface area contributed by atoms with Crippen LogP contribution in [0, 0.1) is 11.3 Å². The number of halogens is 1. The summed E-state index contributed by atoms with van der Waals surface area (Å²) in [5, 5.41) is 8.80. The van der Waals surface area contributed by atoms with Crippen molar-refractivity contribution in [2.75, 3.05) is 13.7 Å². The van der Waals surface area contributed by atoms with Gasteiger partial charge in [0.25, 0.3) is 5.91 Å². The standard InChI is InChI=1S/C15H13ClN2O2S/c1-18(9-13-5-6-14(16)21-13)15(19)10-20-12-4-2-3-11(7-12)8-17/h2-7H,9-10H2,1H3. The van der Waals surface area contributed by atoms with Crippen LogP contribution in [-0.4, -0.2) is 24.5 Å². The van der Waals surface area contributed by atoms with Crippen LogP contribution in [-0.2, 0) is 11.3 Å². The number of hydrogen-bond acceptors (Lipinski definition) is 4. The number of carbonyl (C=O) groups is 1. The number of carbonyl (C=O) groups excluding carboxylic acids is 1. The molecule has 0 N–H and O–H groups in total. The molecule has 1 amide bonds. The molecule has 0 spiro atoms. The molecule has 0 atom stereocenters. The molecule has 0 aliphatic rings. The molecule has 0 saturated carbocycles. The maximum Gasteiger partial charge on any atom is 0.260 e. The van der Waals surface area contributed by atoms with Gasteiger partial charge in [0.15, 0.2) is 6.61 Å². The number of hydrogen-bond donors (Lipinski definition) is 0. The number of amides is 1. The molecule has 1 aromatic heterocycles. The van der Waals surface area contributed by atoms with E-state index in [0.29, 0.717) is 22.2 Å². The van der Waals surface area contributed by atoms with Crippen LogP contribution in [0.3, 0.4) is 0 Å². The van der Waals surface area contributed by atoms with Crippen LogP contribution in [0.1, 0.15) is 10.4 Å². The van der Waals surface area contributed by atoms with Crippen molar-refractivity contribution in [3.05, 3.63) is 51.2 Å². The number of thiophene rings is 1. The minimum atomic E-state index is -0.137. The van der Waals surface area contributed by atoms with Gasteiger partial charge in [-0.15, -0.1) is 11.3 Å². The third-order valence-corrected chi connectivity index (χ3v) is 3.99. The molecule has 21 heavy (non-hydrogen) atoms. The second-order valence-corrected chi connectivity index (χ2v) is 6.18. The van der Waals surface area contributed by atoms with Crippen LogP contribution in [0.15, 0.2) is 36.4 Å². The maximum absolute atomic E-state index is 12.0. The fraction of sp³-hybridized carbons (Fsp3) is 0.200. The van der Waals surface area contributed by atoms with Gasteiger partial charge in [-0.25, -0.2) is 0 Å². The van der Waals surface area contributed by atoms with Crippen molar-refractivity contribution in [2.24, 2.45) is 0 Å². The topological polar surface area (TPSA) is 53.3 Å². The van der Waals surface area contributed by atoms with Crippen LogP contribution >= 0.6 is 22.9 Å². The monoisotopic (exact) mass is 320 g/mol. The molecule has 2 rings (SSSR count).